The van der Waals surface area contributed by atoms with E-state index < -0.39 is 0 Å². The van der Waals surface area contributed by atoms with Gasteiger partial charge in [0.1, 0.15) is 5.54 Å². The van der Waals surface area contributed by atoms with Gasteiger partial charge in [0.05, 0.1) is 6.07 Å². The van der Waals surface area contributed by atoms with Gasteiger partial charge in [-0.3, -0.25) is 5.32 Å². The number of nitrogens with zero attached hydrogens (tertiary/aromatic N) is 3. The van der Waals surface area contributed by atoms with E-state index in [2.05, 4.69) is 42.2 Å². The quantitative estimate of drug-likeness (QED) is 0.663. The van der Waals surface area contributed by atoms with Crippen LogP contribution < -0.4 is 5.32 Å². The maximum atomic E-state index is 9.31. The molecule has 0 bridgehead atoms. The largest absolute Gasteiger partial charge is 0.306 e. The van der Waals surface area contributed by atoms with Gasteiger partial charge >= 0.3 is 0 Å². The van der Waals surface area contributed by atoms with Gasteiger partial charge in [0.15, 0.2) is 0 Å². The molecule has 1 saturated heterocycles. The first-order valence-electron chi connectivity index (χ1n) is 8.56. The van der Waals surface area contributed by atoms with Crippen LogP contribution >= 0.6 is 0 Å². The Labute approximate surface area is 131 Å². The minimum absolute atomic E-state index is 0.339. The van der Waals surface area contributed by atoms with Crippen molar-refractivity contribution < 1.29 is 0 Å². The van der Waals surface area contributed by atoms with Gasteiger partial charge in [0.25, 0.3) is 0 Å². The van der Waals surface area contributed by atoms with Crippen LogP contribution in [-0.4, -0.2) is 61.7 Å². The Morgan fingerprint density at radius 1 is 1.29 bits per heavy atom. The number of nitrogens with one attached hydrogen (secondary N) is 1. The van der Waals surface area contributed by atoms with Crippen LogP contribution in [0.3, 0.4) is 0 Å². The van der Waals surface area contributed by atoms with Crippen LogP contribution in [0.25, 0.3) is 0 Å². The fourth-order valence-electron chi connectivity index (χ4n) is 3.06. The highest BCUT2D eigenvalue weighted by Crippen LogP contribution is 2.17. The molecule has 1 N–H and O–H groups in total. The summed E-state index contributed by atoms with van der Waals surface area (Å²) in [5.74, 6) is 0. The van der Waals surface area contributed by atoms with E-state index in [0.717, 1.165) is 31.8 Å². The fraction of sp³-hybridized carbons (Fsp3) is 0.941. The maximum absolute atomic E-state index is 9.31. The lowest BCUT2D eigenvalue weighted by atomic mass is 9.96. The second kappa shape index (κ2) is 9.40. The second-order valence-corrected chi connectivity index (χ2v) is 6.86. The highest BCUT2D eigenvalue weighted by Gasteiger charge is 2.23. The summed E-state index contributed by atoms with van der Waals surface area (Å²) < 4.78 is 0. The zero-order chi connectivity index (χ0) is 15.7. The molecule has 1 atom stereocenters. The number of piperidine rings is 1. The average Bonchev–Trinajstić information content (AvgIpc) is 2.50. The molecule has 4 nitrogen and oxygen atoms in total. The van der Waals surface area contributed by atoms with Gasteiger partial charge in [-0.25, -0.2) is 0 Å². The monoisotopic (exact) mass is 294 g/mol. The second-order valence-electron chi connectivity index (χ2n) is 6.86. The normalized spacial score (nSPS) is 20.4. The van der Waals surface area contributed by atoms with Gasteiger partial charge in [-0.2, -0.15) is 5.26 Å². The van der Waals surface area contributed by atoms with E-state index in [0.29, 0.717) is 0 Å². The molecule has 0 saturated carbocycles. The van der Waals surface area contributed by atoms with Crippen molar-refractivity contribution in [1.82, 2.24) is 15.1 Å². The first kappa shape index (κ1) is 18.4. The number of hydrogen-bond acceptors (Lipinski definition) is 4. The summed E-state index contributed by atoms with van der Waals surface area (Å²) in [7, 11) is 4.37. The van der Waals surface area contributed by atoms with Gasteiger partial charge in [0.2, 0.25) is 0 Å². The zero-order valence-corrected chi connectivity index (χ0v) is 14.5. The van der Waals surface area contributed by atoms with Crippen molar-refractivity contribution in [1.29, 1.82) is 5.26 Å². The predicted octanol–water partition coefficient (Wildman–Crippen LogP) is 2.46. The van der Waals surface area contributed by atoms with Crippen LogP contribution in [0, 0.1) is 11.3 Å². The third kappa shape index (κ3) is 6.78. The Hall–Kier alpha value is -0.630. The van der Waals surface area contributed by atoms with E-state index in [-0.39, 0.29) is 5.54 Å². The molecule has 1 aliphatic heterocycles. The number of nitriles is 1. The minimum atomic E-state index is -0.339. The number of likely N-dealkylation sites (tertiary alicyclic amines) is 1. The molecule has 0 aromatic carbocycles. The van der Waals surface area contributed by atoms with Crippen molar-refractivity contribution in [3.8, 4) is 6.07 Å². The summed E-state index contributed by atoms with van der Waals surface area (Å²) in [6.07, 6.45) is 6.96. The smallest absolute Gasteiger partial charge is 0.103 e. The lowest BCUT2D eigenvalue weighted by Crippen LogP contribution is -2.43. The van der Waals surface area contributed by atoms with Crippen molar-refractivity contribution in [3.63, 3.8) is 0 Å². The molecular weight excluding hydrogens is 260 g/mol. The Kier molecular flexibility index (Phi) is 8.24. The molecular formula is C17H34N4. The van der Waals surface area contributed by atoms with Gasteiger partial charge < -0.3 is 9.80 Å². The lowest BCUT2D eigenvalue weighted by molar-refractivity contribution is 0.142. The van der Waals surface area contributed by atoms with Crippen LogP contribution in [-0.2, 0) is 0 Å². The average molecular weight is 294 g/mol. The summed E-state index contributed by atoms with van der Waals surface area (Å²) >= 11 is 0. The van der Waals surface area contributed by atoms with Crippen molar-refractivity contribution in [2.75, 3.05) is 40.3 Å². The van der Waals surface area contributed by atoms with Gasteiger partial charge in [-0.1, -0.05) is 6.92 Å². The van der Waals surface area contributed by atoms with Crippen LogP contribution in [0.15, 0.2) is 0 Å². The molecule has 1 heterocycles. The van der Waals surface area contributed by atoms with Gasteiger partial charge in [0, 0.05) is 6.04 Å². The molecule has 0 aliphatic carbocycles. The van der Waals surface area contributed by atoms with Crippen LogP contribution in [0.2, 0.25) is 0 Å². The minimum Gasteiger partial charge on any atom is -0.306 e. The SMILES string of the molecule is CCCNC(C)(C#N)CCCCN1CCC(N(C)C)CC1. The standard InChI is InChI=1S/C17H34N4/c1-5-11-19-17(2,15-18)10-6-7-12-21-13-8-16(9-14-21)20(3)4/h16,19H,5-14H2,1-4H3. The maximum Gasteiger partial charge on any atom is 0.103 e. The Morgan fingerprint density at radius 2 is 1.95 bits per heavy atom. The molecule has 1 rings (SSSR count). The van der Waals surface area contributed by atoms with Crippen LogP contribution in [0.5, 0.6) is 0 Å². The zero-order valence-electron chi connectivity index (χ0n) is 14.5. The van der Waals surface area contributed by atoms with E-state index in [1.54, 1.807) is 0 Å². The van der Waals surface area contributed by atoms with Crippen molar-refractivity contribution in [2.24, 2.45) is 0 Å². The van der Waals surface area contributed by atoms with Crippen molar-refractivity contribution in [2.45, 2.75) is 64.0 Å². The molecule has 21 heavy (non-hydrogen) atoms. The molecule has 0 aromatic heterocycles. The number of hydrogen-bond donors (Lipinski definition) is 1. The molecule has 1 fully saturated rings. The molecule has 1 unspecified atom stereocenters. The predicted molar refractivity (Wildman–Crippen MR) is 89.3 cm³/mol. The first-order valence-corrected chi connectivity index (χ1v) is 8.56. The van der Waals surface area contributed by atoms with Crippen molar-refractivity contribution >= 4 is 0 Å². The Morgan fingerprint density at radius 3 is 2.48 bits per heavy atom. The summed E-state index contributed by atoms with van der Waals surface area (Å²) in [5.41, 5.74) is -0.339. The molecule has 4 heteroatoms. The first-order chi connectivity index (χ1) is 10.0. The Bertz CT molecular complexity index is 315. The third-order valence-electron chi connectivity index (χ3n) is 4.70. The van der Waals surface area contributed by atoms with Crippen LogP contribution in [0.1, 0.15) is 52.4 Å². The third-order valence-corrected chi connectivity index (χ3v) is 4.70. The fourth-order valence-corrected chi connectivity index (χ4v) is 3.06. The summed E-state index contributed by atoms with van der Waals surface area (Å²) in [5, 5.41) is 12.7. The van der Waals surface area contributed by atoms with E-state index in [4.69, 9.17) is 0 Å². The van der Waals surface area contributed by atoms with Gasteiger partial charge in [-0.15, -0.1) is 0 Å². The Balaban J connectivity index is 2.15. The molecule has 1 aliphatic rings. The van der Waals surface area contributed by atoms with E-state index in [1.165, 1.54) is 38.9 Å². The van der Waals surface area contributed by atoms with Gasteiger partial charge in [-0.05, 0) is 85.7 Å². The molecule has 0 spiro atoms. The van der Waals surface area contributed by atoms with E-state index in [9.17, 15) is 5.26 Å². The van der Waals surface area contributed by atoms with Crippen molar-refractivity contribution in [3.05, 3.63) is 0 Å². The van der Waals surface area contributed by atoms with E-state index in [1.807, 2.05) is 6.92 Å². The molecule has 122 valence electrons. The molecule has 0 radical (unpaired) electrons. The number of unbranched alkanes of at least 4 members (excludes halogenated alkanes) is 1. The highest BCUT2D eigenvalue weighted by atomic mass is 15.2. The topological polar surface area (TPSA) is 42.3 Å². The van der Waals surface area contributed by atoms with E-state index >= 15 is 0 Å². The lowest BCUT2D eigenvalue weighted by Gasteiger charge is -2.35. The van der Waals surface area contributed by atoms with Crippen LogP contribution in [0.4, 0.5) is 0 Å². The molecule has 0 aromatic rings. The summed E-state index contributed by atoms with van der Waals surface area (Å²) in [6.45, 7) is 8.75. The number of rotatable bonds is 9. The summed E-state index contributed by atoms with van der Waals surface area (Å²) in [4.78, 5) is 4.94. The summed E-state index contributed by atoms with van der Waals surface area (Å²) in [6, 6.07) is 3.20. The highest BCUT2D eigenvalue weighted by molar-refractivity contribution is 5.03. The molecule has 0 amide bonds.